The highest BCUT2D eigenvalue weighted by Crippen LogP contribution is 2.14. The molecule has 0 radical (unpaired) electrons. The summed E-state index contributed by atoms with van der Waals surface area (Å²) in [5, 5.41) is 3.18. The number of nitrogens with one attached hydrogen (secondary N) is 1. The van der Waals surface area contributed by atoms with Gasteiger partial charge in [0.25, 0.3) is 0 Å². The molecule has 0 spiro atoms. The maximum absolute atomic E-state index is 11.9. The molecule has 0 saturated carbocycles. The Morgan fingerprint density at radius 2 is 1.89 bits per heavy atom. The van der Waals surface area contributed by atoms with Crippen molar-refractivity contribution in [2.45, 2.75) is 46.1 Å². The van der Waals surface area contributed by atoms with Gasteiger partial charge in [0, 0.05) is 5.56 Å². The topological polar surface area (TPSA) is 38.3 Å². The molecule has 106 valence electrons. The molecule has 0 aliphatic carbocycles. The molecule has 0 bridgehead atoms. The third-order valence-electron chi connectivity index (χ3n) is 2.79. The zero-order valence-electron chi connectivity index (χ0n) is 12.2. The van der Waals surface area contributed by atoms with Crippen molar-refractivity contribution >= 4 is 5.78 Å². The highest BCUT2D eigenvalue weighted by Gasteiger charge is 2.05. The Balaban J connectivity index is 2.36. The van der Waals surface area contributed by atoms with Crippen molar-refractivity contribution in [3.63, 3.8) is 0 Å². The van der Waals surface area contributed by atoms with E-state index in [0.29, 0.717) is 6.54 Å². The minimum Gasteiger partial charge on any atom is -0.491 e. The van der Waals surface area contributed by atoms with Gasteiger partial charge in [0.1, 0.15) is 5.75 Å². The van der Waals surface area contributed by atoms with Gasteiger partial charge in [-0.25, -0.2) is 0 Å². The predicted molar refractivity (Wildman–Crippen MR) is 78.9 cm³/mol. The van der Waals surface area contributed by atoms with Crippen LogP contribution in [-0.2, 0) is 0 Å². The van der Waals surface area contributed by atoms with Crippen LogP contribution in [0, 0.1) is 0 Å². The van der Waals surface area contributed by atoms with E-state index in [1.807, 2.05) is 38.1 Å². The molecule has 0 aromatic heterocycles. The second-order valence-electron chi connectivity index (χ2n) is 5.00. The molecule has 3 heteroatoms. The highest BCUT2D eigenvalue weighted by atomic mass is 16.5. The first kappa shape index (κ1) is 15.7. The monoisotopic (exact) mass is 263 g/mol. The number of carbonyl (C=O) groups is 1. The molecule has 0 aliphatic heterocycles. The minimum atomic E-state index is 0.132. The molecule has 0 unspecified atom stereocenters. The fourth-order valence-corrected chi connectivity index (χ4v) is 1.80. The first-order chi connectivity index (χ1) is 9.13. The van der Waals surface area contributed by atoms with Crippen molar-refractivity contribution in [3.8, 4) is 5.75 Å². The van der Waals surface area contributed by atoms with Crippen LogP contribution in [0.4, 0.5) is 0 Å². The summed E-state index contributed by atoms with van der Waals surface area (Å²) in [4.78, 5) is 11.9. The zero-order chi connectivity index (χ0) is 14.1. The van der Waals surface area contributed by atoms with Crippen molar-refractivity contribution in [1.82, 2.24) is 5.32 Å². The van der Waals surface area contributed by atoms with Crippen LogP contribution in [0.15, 0.2) is 24.3 Å². The number of hydrogen-bond donors (Lipinski definition) is 1. The van der Waals surface area contributed by atoms with E-state index in [9.17, 15) is 4.79 Å². The number of unbranched alkanes of at least 4 members (excludes halogenated alkanes) is 2. The number of Topliss-reactive ketones (excluding diaryl/α,β-unsaturated/α-hetero) is 1. The predicted octanol–water partition coefficient (Wildman–Crippen LogP) is 3.44. The van der Waals surface area contributed by atoms with E-state index in [-0.39, 0.29) is 11.9 Å². The third kappa shape index (κ3) is 6.39. The van der Waals surface area contributed by atoms with Gasteiger partial charge in [-0.05, 0) is 51.1 Å². The van der Waals surface area contributed by atoms with E-state index in [0.717, 1.165) is 24.3 Å². The van der Waals surface area contributed by atoms with Gasteiger partial charge in [0.2, 0.25) is 0 Å². The van der Waals surface area contributed by atoms with E-state index in [1.165, 1.54) is 12.8 Å². The average Bonchev–Trinajstić information content (AvgIpc) is 2.38. The lowest BCUT2D eigenvalue weighted by molar-refractivity contribution is 0.0991. The molecule has 1 aromatic carbocycles. The number of ether oxygens (including phenoxy) is 1. The fourth-order valence-electron chi connectivity index (χ4n) is 1.80. The molecule has 1 N–H and O–H groups in total. The summed E-state index contributed by atoms with van der Waals surface area (Å²) in [6.45, 7) is 7.47. The maximum atomic E-state index is 11.9. The molecule has 1 rings (SSSR count). The lowest BCUT2D eigenvalue weighted by atomic mass is 10.1. The van der Waals surface area contributed by atoms with Gasteiger partial charge in [-0.1, -0.05) is 19.8 Å². The normalized spacial score (nSPS) is 10.7. The van der Waals surface area contributed by atoms with Crippen molar-refractivity contribution in [3.05, 3.63) is 29.8 Å². The van der Waals surface area contributed by atoms with Crippen molar-refractivity contribution in [2.75, 3.05) is 13.1 Å². The van der Waals surface area contributed by atoms with Gasteiger partial charge < -0.3 is 10.1 Å². The smallest absolute Gasteiger partial charge is 0.176 e. The zero-order valence-corrected chi connectivity index (χ0v) is 12.2. The SMILES string of the molecule is CCCCCNCC(=O)c1ccc(OC(C)C)cc1. The summed E-state index contributed by atoms with van der Waals surface area (Å²) in [5.74, 6) is 0.940. The first-order valence-corrected chi connectivity index (χ1v) is 7.14. The summed E-state index contributed by atoms with van der Waals surface area (Å²) >= 11 is 0. The molecule has 1 aromatic rings. The third-order valence-corrected chi connectivity index (χ3v) is 2.79. The van der Waals surface area contributed by atoms with Gasteiger partial charge in [0.15, 0.2) is 5.78 Å². The molecular weight excluding hydrogens is 238 g/mol. The van der Waals surface area contributed by atoms with Crippen LogP contribution in [0.3, 0.4) is 0 Å². The Kier molecular flexibility index (Phi) is 7.19. The minimum absolute atomic E-state index is 0.132. The van der Waals surface area contributed by atoms with Crippen LogP contribution >= 0.6 is 0 Å². The Bertz CT molecular complexity index is 371. The van der Waals surface area contributed by atoms with E-state index in [2.05, 4.69) is 12.2 Å². The lowest BCUT2D eigenvalue weighted by Gasteiger charge is -2.10. The van der Waals surface area contributed by atoms with E-state index >= 15 is 0 Å². The standard InChI is InChI=1S/C16H25NO2/c1-4-5-6-11-17-12-16(18)14-7-9-15(10-8-14)19-13(2)3/h7-10,13,17H,4-6,11-12H2,1-3H3. The number of carbonyl (C=O) groups excluding carboxylic acids is 1. The summed E-state index contributed by atoms with van der Waals surface area (Å²) in [6.07, 6.45) is 3.70. The Labute approximate surface area is 116 Å². The van der Waals surface area contributed by atoms with Crippen LogP contribution in [0.5, 0.6) is 5.75 Å². The molecule has 0 saturated heterocycles. The van der Waals surface area contributed by atoms with Gasteiger partial charge in [-0.3, -0.25) is 4.79 Å². The Morgan fingerprint density at radius 3 is 2.47 bits per heavy atom. The Hall–Kier alpha value is -1.35. The van der Waals surface area contributed by atoms with E-state index in [4.69, 9.17) is 4.74 Å². The largest absolute Gasteiger partial charge is 0.491 e. The second-order valence-corrected chi connectivity index (χ2v) is 5.00. The fraction of sp³-hybridized carbons (Fsp3) is 0.562. The average molecular weight is 263 g/mol. The van der Waals surface area contributed by atoms with E-state index < -0.39 is 0 Å². The molecule has 0 fully saturated rings. The van der Waals surface area contributed by atoms with Crippen LogP contribution in [0.1, 0.15) is 50.4 Å². The summed E-state index contributed by atoms with van der Waals surface area (Å²) in [5.41, 5.74) is 0.735. The number of hydrogen-bond acceptors (Lipinski definition) is 3. The van der Waals surface area contributed by atoms with Gasteiger partial charge in [-0.2, -0.15) is 0 Å². The number of ketones is 1. The van der Waals surface area contributed by atoms with Gasteiger partial charge in [0.05, 0.1) is 12.6 Å². The van der Waals surface area contributed by atoms with Crippen LogP contribution in [0.25, 0.3) is 0 Å². The van der Waals surface area contributed by atoms with Crippen molar-refractivity contribution < 1.29 is 9.53 Å². The summed E-state index contributed by atoms with van der Waals surface area (Å²) in [7, 11) is 0. The summed E-state index contributed by atoms with van der Waals surface area (Å²) < 4.78 is 5.55. The molecule has 0 aliphatic rings. The van der Waals surface area contributed by atoms with Crippen LogP contribution in [0.2, 0.25) is 0 Å². The molecule has 0 amide bonds. The molecule has 0 atom stereocenters. The molecule has 19 heavy (non-hydrogen) atoms. The quantitative estimate of drug-likeness (QED) is 0.548. The number of rotatable bonds is 9. The highest BCUT2D eigenvalue weighted by molar-refractivity contribution is 5.97. The van der Waals surface area contributed by atoms with Gasteiger partial charge in [-0.15, -0.1) is 0 Å². The van der Waals surface area contributed by atoms with Crippen LogP contribution in [-0.4, -0.2) is 25.0 Å². The van der Waals surface area contributed by atoms with Crippen molar-refractivity contribution in [2.24, 2.45) is 0 Å². The maximum Gasteiger partial charge on any atom is 0.176 e. The molecule has 0 heterocycles. The van der Waals surface area contributed by atoms with Gasteiger partial charge >= 0.3 is 0 Å². The molecule has 3 nitrogen and oxygen atoms in total. The second kappa shape index (κ2) is 8.70. The Morgan fingerprint density at radius 1 is 1.21 bits per heavy atom. The number of benzene rings is 1. The first-order valence-electron chi connectivity index (χ1n) is 7.14. The lowest BCUT2D eigenvalue weighted by Crippen LogP contribution is -2.24. The van der Waals surface area contributed by atoms with E-state index in [1.54, 1.807) is 0 Å². The summed E-state index contributed by atoms with van der Waals surface area (Å²) in [6, 6.07) is 7.36. The van der Waals surface area contributed by atoms with Crippen molar-refractivity contribution in [1.29, 1.82) is 0 Å². The molecular formula is C16H25NO2. The van der Waals surface area contributed by atoms with Crippen LogP contribution < -0.4 is 10.1 Å².